The van der Waals surface area contributed by atoms with E-state index in [2.05, 4.69) is 40.7 Å². The first-order chi connectivity index (χ1) is 19.1. The standard InChI is InChI=1S/C31H32F6O3/c1-2-17-38-25-13-11-24(12-14-25)23-9-7-22(8-10-23)21-5-3-20(4-6-21)15-16-31(36,37)40-26-18-27(32)29(28(33)19-26)39-30(34)35/h3-10,18-19,24-25,30H,2,11-17H2,1H3. The maximum absolute atomic E-state index is 14.4. The zero-order chi connectivity index (χ0) is 28.7. The number of alkyl halides is 4. The number of ether oxygens (including phenoxy) is 3. The van der Waals surface area contributed by atoms with Crippen molar-refractivity contribution in [2.45, 2.75) is 76.6 Å². The molecule has 0 heterocycles. The van der Waals surface area contributed by atoms with Crippen molar-refractivity contribution in [3.05, 3.63) is 83.4 Å². The molecule has 216 valence electrons. The van der Waals surface area contributed by atoms with Gasteiger partial charge in [-0.1, -0.05) is 55.5 Å². The van der Waals surface area contributed by atoms with Crippen molar-refractivity contribution in [2.75, 3.05) is 6.61 Å². The van der Waals surface area contributed by atoms with Gasteiger partial charge in [0, 0.05) is 18.7 Å². The summed E-state index contributed by atoms with van der Waals surface area (Å²) in [6, 6.07) is 16.4. The quantitative estimate of drug-likeness (QED) is 0.205. The minimum absolute atomic E-state index is 0.0611. The predicted octanol–water partition coefficient (Wildman–Crippen LogP) is 9.29. The van der Waals surface area contributed by atoms with Crippen LogP contribution in [0.15, 0.2) is 60.7 Å². The van der Waals surface area contributed by atoms with E-state index >= 15 is 0 Å². The highest BCUT2D eigenvalue weighted by Gasteiger charge is 2.32. The van der Waals surface area contributed by atoms with Gasteiger partial charge < -0.3 is 14.2 Å². The monoisotopic (exact) mass is 566 g/mol. The SMILES string of the molecule is CCCOC1CCC(c2ccc(-c3ccc(CCC(F)(F)Oc4cc(F)c(OC(F)F)c(F)c4)cc3)cc2)CC1. The lowest BCUT2D eigenvalue weighted by Gasteiger charge is -2.29. The normalized spacial score (nSPS) is 17.7. The average molecular weight is 567 g/mol. The first-order valence-electron chi connectivity index (χ1n) is 13.4. The molecule has 0 radical (unpaired) electrons. The Hall–Kier alpha value is -3.20. The number of benzene rings is 3. The van der Waals surface area contributed by atoms with Crippen molar-refractivity contribution in [3.8, 4) is 22.6 Å². The van der Waals surface area contributed by atoms with Crippen LogP contribution >= 0.6 is 0 Å². The minimum atomic E-state index is -3.75. The molecule has 0 unspecified atom stereocenters. The summed E-state index contributed by atoms with van der Waals surface area (Å²) in [5.41, 5.74) is 3.91. The van der Waals surface area contributed by atoms with Crippen molar-refractivity contribution in [1.82, 2.24) is 0 Å². The first kappa shape index (κ1) is 29.8. The Balaban J connectivity index is 1.30. The third kappa shape index (κ3) is 8.16. The van der Waals surface area contributed by atoms with Gasteiger partial charge in [-0.2, -0.15) is 17.6 Å². The second-order valence-electron chi connectivity index (χ2n) is 10.00. The molecule has 0 aliphatic heterocycles. The Kier molecular flexibility index (Phi) is 10.0. The molecule has 4 rings (SSSR count). The van der Waals surface area contributed by atoms with E-state index in [0.29, 0.717) is 29.7 Å². The van der Waals surface area contributed by atoms with Gasteiger partial charge in [-0.05, 0) is 66.7 Å². The molecule has 3 aromatic carbocycles. The molecule has 1 aliphatic carbocycles. The fourth-order valence-corrected chi connectivity index (χ4v) is 4.97. The number of halogens is 6. The third-order valence-electron chi connectivity index (χ3n) is 7.05. The van der Waals surface area contributed by atoms with Crippen molar-refractivity contribution < 1.29 is 40.6 Å². The molecule has 1 fully saturated rings. The summed E-state index contributed by atoms with van der Waals surface area (Å²) in [4.78, 5) is 0. The van der Waals surface area contributed by atoms with E-state index in [9.17, 15) is 26.3 Å². The highest BCUT2D eigenvalue weighted by atomic mass is 19.3. The molecule has 40 heavy (non-hydrogen) atoms. The van der Waals surface area contributed by atoms with E-state index in [-0.39, 0.29) is 6.42 Å². The number of aryl methyl sites for hydroxylation is 1. The summed E-state index contributed by atoms with van der Waals surface area (Å²) in [7, 11) is 0. The smallest absolute Gasteiger partial charge is 0.398 e. The lowest BCUT2D eigenvalue weighted by molar-refractivity contribution is -0.180. The Bertz CT molecular complexity index is 1200. The van der Waals surface area contributed by atoms with Crippen molar-refractivity contribution in [2.24, 2.45) is 0 Å². The molecule has 0 aromatic heterocycles. The van der Waals surface area contributed by atoms with Crippen LogP contribution in [0.4, 0.5) is 26.3 Å². The molecule has 0 N–H and O–H groups in total. The van der Waals surface area contributed by atoms with Gasteiger partial charge in [-0.25, -0.2) is 8.78 Å². The van der Waals surface area contributed by atoms with E-state index < -0.39 is 42.3 Å². The van der Waals surface area contributed by atoms with Gasteiger partial charge in [0.15, 0.2) is 17.4 Å². The molecular weight excluding hydrogens is 534 g/mol. The molecule has 0 bridgehead atoms. The van der Waals surface area contributed by atoms with E-state index in [0.717, 1.165) is 49.8 Å². The second-order valence-corrected chi connectivity index (χ2v) is 10.00. The van der Waals surface area contributed by atoms with Crippen LogP contribution in [0, 0.1) is 11.6 Å². The van der Waals surface area contributed by atoms with Crippen LogP contribution in [0.25, 0.3) is 11.1 Å². The molecule has 0 amide bonds. The molecule has 0 atom stereocenters. The molecule has 1 saturated carbocycles. The largest absolute Gasteiger partial charge is 0.432 e. The highest BCUT2D eigenvalue weighted by Crippen LogP contribution is 2.36. The van der Waals surface area contributed by atoms with Gasteiger partial charge in [0.05, 0.1) is 12.5 Å². The van der Waals surface area contributed by atoms with E-state index in [1.165, 1.54) is 5.56 Å². The lowest BCUT2D eigenvalue weighted by Crippen LogP contribution is -2.25. The molecular formula is C31H32F6O3. The Morgan fingerprint density at radius 2 is 1.43 bits per heavy atom. The fourth-order valence-electron chi connectivity index (χ4n) is 4.97. The topological polar surface area (TPSA) is 27.7 Å². The molecule has 3 aromatic rings. The number of hydrogen-bond donors (Lipinski definition) is 0. The fraction of sp³-hybridized carbons (Fsp3) is 0.419. The average Bonchev–Trinajstić information content (AvgIpc) is 2.93. The Morgan fingerprint density at radius 3 is 1.98 bits per heavy atom. The summed E-state index contributed by atoms with van der Waals surface area (Å²) in [6.07, 6.45) is 1.21. The van der Waals surface area contributed by atoms with Crippen LogP contribution in [-0.2, 0) is 11.2 Å². The molecule has 0 saturated heterocycles. The van der Waals surface area contributed by atoms with Crippen LogP contribution in [-0.4, -0.2) is 25.4 Å². The van der Waals surface area contributed by atoms with E-state index in [1.54, 1.807) is 12.1 Å². The molecule has 3 nitrogen and oxygen atoms in total. The summed E-state index contributed by atoms with van der Waals surface area (Å²) < 4.78 is 94.9. The lowest BCUT2D eigenvalue weighted by atomic mass is 9.82. The van der Waals surface area contributed by atoms with E-state index in [4.69, 9.17) is 4.74 Å². The maximum atomic E-state index is 14.4. The first-order valence-corrected chi connectivity index (χ1v) is 13.4. The number of rotatable bonds is 12. The van der Waals surface area contributed by atoms with Crippen LogP contribution in [0.5, 0.6) is 11.5 Å². The molecule has 9 heteroatoms. The van der Waals surface area contributed by atoms with Gasteiger partial charge in [-0.3, -0.25) is 0 Å². The van der Waals surface area contributed by atoms with Crippen molar-refractivity contribution in [1.29, 1.82) is 0 Å². The molecule has 1 aliphatic rings. The highest BCUT2D eigenvalue weighted by molar-refractivity contribution is 5.64. The van der Waals surface area contributed by atoms with Crippen LogP contribution < -0.4 is 9.47 Å². The second kappa shape index (κ2) is 13.4. The summed E-state index contributed by atoms with van der Waals surface area (Å²) in [5, 5.41) is 0. The van der Waals surface area contributed by atoms with Gasteiger partial charge in [0.25, 0.3) is 0 Å². The molecule has 0 spiro atoms. The summed E-state index contributed by atoms with van der Waals surface area (Å²) in [6.45, 7) is -0.533. The Labute approximate surface area is 230 Å². The van der Waals surface area contributed by atoms with E-state index in [1.807, 2.05) is 12.1 Å². The van der Waals surface area contributed by atoms with Crippen LogP contribution in [0.2, 0.25) is 0 Å². The predicted molar refractivity (Wildman–Crippen MR) is 140 cm³/mol. The van der Waals surface area contributed by atoms with Gasteiger partial charge in [-0.15, -0.1) is 0 Å². The van der Waals surface area contributed by atoms with Gasteiger partial charge >= 0.3 is 12.7 Å². The zero-order valence-electron chi connectivity index (χ0n) is 22.2. The van der Waals surface area contributed by atoms with Crippen LogP contribution in [0.1, 0.15) is 62.5 Å². The summed E-state index contributed by atoms with van der Waals surface area (Å²) >= 11 is 0. The minimum Gasteiger partial charge on any atom is -0.432 e. The van der Waals surface area contributed by atoms with Crippen molar-refractivity contribution >= 4 is 0 Å². The third-order valence-corrected chi connectivity index (χ3v) is 7.05. The maximum Gasteiger partial charge on any atom is 0.398 e. The van der Waals surface area contributed by atoms with Crippen LogP contribution in [0.3, 0.4) is 0 Å². The number of hydrogen-bond acceptors (Lipinski definition) is 3. The zero-order valence-corrected chi connectivity index (χ0v) is 22.2. The Morgan fingerprint density at radius 1 is 0.850 bits per heavy atom. The van der Waals surface area contributed by atoms with Gasteiger partial charge in [0.1, 0.15) is 5.75 Å². The summed E-state index contributed by atoms with van der Waals surface area (Å²) in [5.74, 6) is -4.81. The van der Waals surface area contributed by atoms with Crippen molar-refractivity contribution in [3.63, 3.8) is 0 Å². The van der Waals surface area contributed by atoms with Gasteiger partial charge in [0.2, 0.25) is 0 Å².